The summed E-state index contributed by atoms with van der Waals surface area (Å²) in [6.07, 6.45) is 4.62. The number of carbonyl (C=O) groups is 1. The zero-order valence-corrected chi connectivity index (χ0v) is 20.6. The molecular weight excluding hydrogens is 440 g/mol. The van der Waals surface area contributed by atoms with Gasteiger partial charge < -0.3 is 5.32 Å². The fraction of sp³-hybridized carbons (Fsp3) is 0.333. The Morgan fingerprint density at radius 2 is 1.74 bits per heavy atom. The van der Waals surface area contributed by atoms with E-state index in [1.54, 1.807) is 0 Å². The number of amides is 1. The Bertz CT molecular complexity index is 1170. The van der Waals surface area contributed by atoms with Gasteiger partial charge in [-0.3, -0.25) is 4.79 Å². The van der Waals surface area contributed by atoms with Crippen molar-refractivity contribution in [3.63, 3.8) is 0 Å². The van der Waals surface area contributed by atoms with Gasteiger partial charge in [-0.25, -0.2) is 0 Å². The van der Waals surface area contributed by atoms with Gasteiger partial charge >= 0.3 is 0 Å². The number of halogens is 1. The molecule has 0 aliphatic heterocycles. The number of nitrogens with one attached hydrogen (secondary N) is 1. The lowest BCUT2D eigenvalue weighted by atomic mass is 9.77. The Kier molecular flexibility index (Phi) is 7.39. The van der Waals surface area contributed by atoms with Crippen molar-refractivity contribution in [2.75, 3.05) is 0 Å². The summed E-state index contributed by atoms with van der Waals surface area (Å²) in [6.45, 7) is 4.15. The van der Waals surface area contributed by atoms with Crippen LogP contribution in [-0.2, 0) is 16.6 Å². The van der Waals surface area contributed by atoms with Gasteiger partial charge in [0.1, 0.15) is 0 Å². The summed E-state index contributed by atoms with van der Waals surface area (Å²) in [4.78, 5) is 13.8. The maximum atomic E-state index is 13.8. The van der Waals surface area contributed by atoms with Crippen LogP contribution >= 0.6 is 11.6 Å². The number of hydrogen-bond donors (Lipinski definition) is 1. The summed E-state index contributed by atoms with van der Waals surface area (Å²) in [6, 6.07) is 26.1. The predicted octanol–water partition coefficient (Wildman–Crippen LogP) is 6.86. The van der Waals surface area contributed by atoms with Crippen LogP contribution < -0.4 is 5.32 Å². The third kappa shape index (κ3) is 5.18. The lowest BCUT2D eigenvalue weighted by Crippen LogP contribution is -2.48. The number of carbonyl (C=O) groups excluding carboxylic acids is 1. The second-order valence-corrected chi connectivity index (χ2v) is 10.0. The van der Waals surface area contributed by atoms with Gasteiger partial charge in [0.2, 0.25) is 5.91 Å². The number of aryl methyl sites for hydroxylation is 1. The van der Waals surface area contributed by atoms with Crippen molar-refractivity contribution in [2.45, 2.75) is 63.3 Å². The van der Waals surface area contributed by atoms with Gasteiger partial charge in [0, 0.05) is 17.0 Å². The molecule has 2 atom stereocenters. The Labute approximate surface area is 207 Å². The van der Waals surface area contributed by atoms with E-state index in [1.807, 2.05) is 42.5 Å². The van der Waals surface area contributed by atoms with E-state index < -0.39 is 5.41 Å². The first-order chi connectivity index (χ1) is 16.4. The highest BCUT2D eigenvalue weighted by Crippen LogP contribution is 2.42. The molecule has 0 radical (unpaired) electrons. The average Bonchev–Trinajstić information content (AvgIpc) is 3.35. The number of rotatable bonds is 7. The summed E-state index contributed by atoms with van der Waals surface area (Å²) >= 11 is 6.10. The molecule has 1 saturated carbocycles. The van der Waals surface area contributed by atoms with Crippen LogP contribution in [0.5, 0.6) is 0 Å². The standard InChI is InChI=1S/C30H31ClN2O/c1-21-8-12-26(13-9-21)30(16-3-4-17-30)29(34)33-22(2)28(19-23-10-14-27(31)15-11-23)25-7-5-6-24(18-25)20-32/h5-15,18,22,28H,3-4,16-17,19H2,1-2H3,(H,33,34). The molecule has 1 aliphatic rings. The second-order valence-electron chi connectivity index (χ2n) is 9.59. The molecule has 4 heteroatoms. The Morgan fingerprint density at radius 3 is 2.38 bits per heavy atom. The van der Waals surface area contributed by atoms with Crippen molar-refractivity contribution in [1.29, 1.82) is 5.26 Å². The molecule has 3 aromatic rings. The molecule has 3 aromatic carbocycles. The molecule has 4 rings (SSSR count). The minimum atomic E-state index is -0.471. The molecule has 0 spiro atoms. The molecule has 174 valence electrons. The first kappa shape index (κ1) is 24.0. The van der Waals surface area contributed by atoms with E-state index in [0.29, 0.717) is 10.6 Å². The predicted molar refractivity (Wildman–Crippen MR) is 138 cm³/mol. The lowest BCUT2D eigenvalue weighted by molar-refractivity contribution is -0.127. The van der Waals surface area contributed by atoms with E-state index in [1.165, 1.54) is 5.56 Å². The van der Waals surface area contributed by atoms with Crippen molar-refractivity contribution < 1.29 is 4.79 Å². The minimum absolute atomic E-state index is 0.0231. The summed E-state index contributed by atoms with van der Waals surface area (Å²) in [7, 11) is 0. The highest BCUT2D eigenvalue weighted by atomic mass is 35.5. The van der Waals surface area contributed by atoms with E-state index >= 15 is 0 Å². The normalized spacial score (nSPS) is 16.4. The zero-order valence-electron chi connectivity index (χ0n) is 19.9. The van der Waals surface area contributed by atoms with E-state index in [9.17, 15) is 10.1 Å². The molecule has 34 heavy (non-hydrogen) atoms. The maximum Gasteiger partial charge on any atom is 0.230 e. The molecule has 1 amide bonds. The lowest BCUT2D eigenvalue weighted by Gasteiger charge is -2.33. The Hall–Kier alpha value is -3.09. The van der Waals surface area contributed by atoms with Crippen molar-refractivity contribution in [1.82, 2.24) is 5.32 Å². The molecule has 3 nitrogen and oxygen atoms in total. The summed E-state index contributed by atoms with van der Waals surface area (Å²) in [5, 5.41) is 13.5. The number of benzene rings is 3. The van der Waals surface area contributed by atoms with Crippen LogP contribution in [0.25, 0.3) is 0 Å². The summed E-state index contributed by atoms with van der Waals surface area (Å²) in [5.41, 5.74) is 4.67. The third-order valence-electron chi connectivity index (χ3n) is 7.27. The van der Waals surface area contributed by atoms with Crippen LogP contribution in [0.1, 0.15) is 66.3 Å². The van der Waals surface area contributed by atoms with E-state index in [0.717, 1.165) is 48.8 Å². The zero-order chi connectivity index (χ0) is 24.1. The number of hydrogen-bond acceptors (Lipinski definition) is 2. The van der Waals surface area contributed by atoms with Gasteiger partial charge in [0.05, 0.1) is 17.0 Å². The minimum Gasteiger partial charge on any atom is -0.352 e. The molecule has 1 fully saturated rings. The van der Waals surface area contributed by atoms with Gasteiger partial charge in [0.15, 0.2) is 0 Å². The van der Waals surface area contributed by atoms with Gasteiger partial charge in [-0.05, 0) is 74.1 Å². The SMILES string of the molecule is Cc1ccc(C2(C(=O)NC(C)C(Cc3ccc(Cl)cc3)c3cccc(C#N)c3)CCCC2)cc1. The molecule has 0 heterocycles. The van der Waals surface area contributed by atoms with Gasteiger partial charge in [-0.2, -0.15) is 5.26 Å². The Balaban J connectivity index is 1.63. The quantitative estimate of drug-likeness (QED) is 0.410. The van der Waals surface area contributed by atoms with Gasteiger partial charge in [-0.15, -0.1) is 0 Å². The number of nitrogens with zero attached hydrogens (tertiary/aromatic N) is 1. The number of nitriles is 1. The van der Waals surface area contributed by atoms with Gasteiger partial charge in [-0.1, -0.05) is 78.5 Å². The largest absolute Gasteiger partial charge is 0.352 e. The van der Waals surface area contributed by atoms with Crippen LogP contribution in [0.2, 0.25) is 5.02 Å². The summed E-state index contributed by atoms with van der Waals surface area (Å²) < 4.78 is 0. The van der Waals surface area contributed by atoms with Crippen LogP contribution in [0.3, 0.4) is 0 Å². The highest BCUT2D eigenvalue weighted by Gasteiger charge is 2.43. The molecule has 1 aliphatic carbocycles. The first-order valence-electron chi connectivity index (χ1n) is 12.0. The van der Waals surface area contributed by atoms with Crippen LogP contribution in [0.15, 0.2) is 72.8 Å². The second kappa shape index (κ2) is 10.5. The molecular formula is C30H31ClN2O. The molecule has 1 N–H and O–H groups in total. The van der Waals surface area contributed by atoms with E-state index in [2.05, 4.69) is 55.6 Å². The van der Waals surface area contributed by atoms with E-state index in [4.69, 9.17) is 11.6 Å². The van der Waals surface area contributed by atoms with Crippen LogP contribution in [-0.4, -0.2) is 11.9 Å². The molecule has 2 unspecified atom stereocenters. The molecule has 0 aromatic heterocycles. The van der Waals surface area contributed by atoms with Crippen molar-refractivity contribution >= 4 is 17.5 Å². The maximum absolute atomic E-state index is 13.8. The fourth-order valence-electron chi connectivity index (χ4n) is 5.24. The van der Waals surface area contributed by atoms with Crippen LogP contribution in [0, 0.1) is 18.3 Å². The van der Waals surface area contributed by atoms with Crippen LogP contribution in [0.4, 0.5) is 0 Å². The third-order valence-corrected chi connectivity index (χ3v) is 7.52. The average molecular weight is 471 g/mol. The van der Waals surface area contributed by atoms with Crippen molar-refractivity contribution in [2.24, 2.45) is 0 Å². The molecule has 0 saturated heterocycles. The van der Waals surface area contributed by atoms with Crippen molar-refractivity contribution in [3.05, 3.63) is 106 Å². The van der Waals surface area contributed by atoms with Gasteiger partial charge in [0.25, 0.3) is 0 Å². The smallest absolute Gasteiger partial charge is 0.230 e. The summed E-state index contributed by atoms with van der Waals surface area (Å²) in [5.74, 6) is 0.133. The van der Waals surface area contributed by atoms with Crippen molar-refractivity contribution in [3.8, 4) is 6.07 Å². The Morgan fingerprint density at radius 1 is 1.06 bits per heavy atom. The van der Waals surface area contributed by atoms with E-state index in [-0.39, 0.29) is 17.9 Å². The molecule has 0 bridgehead atoms. The highest BCUT2D eigenvalue weighted by molar-refractivity contribution is 6.30. The topological polar surface area (TPSA) is 52.9 Å². The monoisotopic (exact) mass is 470 g/mol. The fourth-order valence-corrected chi connectivity index (χ4v) is 5.37. The first-order valence-corrected chi connectivity index (χ1v) is 12.4.